The van der Waals surface area contributed by atoms with E-state index >= 15 is 0 Å². The molecule has 152 valence electrons. The molecule has 3 rings (SSSR count). The van der Waals surface area contributed by atoms with Gasteiger partial charge in [0.05, 0.1) is 34.4 Å². The number of nitrogens with one attached hydrogen (secondary N) is 2. The molecule has 0 unspecified atom stereocenters. The lowest BCUT2D eigenvalue weighted by Crippen LogP contribution is -3.28. The molecule has 1 aliphatic heterocycles. The lowest BCUT2D eigenvalue weighted by molar-refractivity contribution is -1.01. The Labute approximate surface area is 168 Å². The summed E-state index contributed by atoms with van der Waals surface area (Å²) in [5, 5.41) is 0. The van der Waals surface area contributed by atoms with E-state index in [9.17, 15) is 0 Å². The predicted octanol–water partition coefficient (Wildman–Crippen LogP) is 0.281. The standard InChI is InChI=1S/C23H32N2O3/c1-26-21-17-20(18-22(27-2)23(21)28-3)10-12-25-15-13-24(14-16-25)11-9-19-7-5-4-6-8-19/h4-8,17-18H,9-16H2,1-3H3/p+2. The first-order valence-corrected chi connectivity index (χ1v) is 10.2. The number of ether oxygens (including phenoxy) is 3. The molecule has 1 saturated heterocycles. The number of hydrogen-bond acceptors (Lipinski definition) is 3. The van der Waals surface area contributed by atoms with Crippen molar-refractivity contribution in [1.82, 2.24) is 0 Å². The molecule has 2 N–H and O–H groups in total. The van der Waals surface area contributed by atoms with Gasteiger partial charge in [-0.2, -0.15) is 0 Å². The quantitative estimate of drug-likeness (QED) is 0.650. The largest absolute Gasteiger partial charge is 0.493 e. The highest BCUT2D eigenvalue weighted by Gasteiger charge is 2.23. The van der Waals surface area contributed by atoms with E-state index in [4.69, 9.17) is 14.2 Å². The van der Waals surface area contributed by atoms with Gasteiger partial charge in [-0.25, -0.2) is 0 Å². The minimum atomic E-state index is 0.664. The summed E-state index contributed by atoms with van der Waals surface area (Å²) in [5.41, 5.74) is 2.69. The van der Waals surface area contributed by atoms with Crippen LogP contribution in [0.4, 0.5) is 0 Å². The summed E-state index contributed by atoms with van der Waals surface area (Å²) in [6, 6.07) is 15.0. The Bertz CT molecular complexity index is 703. The molecule has 0 aliphatic carbocycles. The first-order chi connectivity index (χ1) is 13.7. The fourth-order valence-electron chi connectivity index (χ4n) is 4.02. The van der Waals surface area contributed by atoms with Crippen molar-refractivity contribution in [2.75, 3.05) is 60.6 Å². The molecule has 1 aliphatic rings. The Morgan fingerprint density at radius 2 is 1.18 bits per heavy atom. The monoisotopic (exact) mass is 386 g/mol. The van der Waals surface area contributed by atoms with Gasteiger partial charge in [-0.15, -0.1) is 0 Å². The van der Waals surface area contributed by atoms with Crippen molar-refractivity contribution in [3.05, 3.63) is 53.6 Å². The maximum Gasteiger partial charge on any atom is 0.203 e. The zero-order chi connectivity index (χ0) is 19.8. The Kier molecular flexibility index (Phi) is 7.57. The molecule has 0 atom stereocenters. The van der Waals surface area contributed by atoms with Crippen LogP contribution in [0.15, 0.2) is 42.5 Å². The molecule has 0 spiro atoms. The summed E-state index contributed by atoms with van der Waals surface area (Å²) >= 11 is 0. The number of quaternary nitrogens is 2. The smallest absolute Gasteiger partial charge is 0.203 e. The maximum absolute atomic E-state index is 5.47. The molecular formula is C23H34N2O3+2. The van der Waals surface area contributed by atoms with Crippen molar-refractivity contribution in [2.45, 2.75) is 12.8 Å². The van der Waals surface area contributed by atoms with Gasteiger partial charge < -0.3 is 24.0 Å². The Morgan fingerprint density at radius 1 is 0.679 bits per heavy atom. The Hall–Kier alpha value is -2.24. The van der Waals surface area contributed by atoms with Crippen molar-refractivity contribution in [1.29, 1.82) is 0 Å². The third-order valence-electron chi connectivity index (χ3n) is 5.77. The van der Waals surface area contributed by atoms with Crippen molar-refractivity contribution < 1.29 is 24.0 Å². The van der Waals surface area contributed by atoms with Crippen molar-refractivity contribution >= 4 is 0 Å². The minimum Gasteiger partial charge on any atom is -0.493 e. The van der Waals surface area contributed by atoms with E-state index < -0.39 is 0 Å². The second-order valence-corrected chi connectivity index (χ2v) is 7.52. The SMILES string of the molecule is COc1cc(CC[NH+]2CC[NH+](CCc3ccccc3)CC2)cc(OC)c1OC. The second-order valence-electron chi connectivity index (χ2n) is 7.52. The van der Waals surface area contributed by atoms with Crippen molar-refractivity contribution in [3.63, 3.8) is 0 Å². The molecule has 28 heavy (non-hydrogen) atoms. The second kappa shape index (κ2) is 10.3. The fourth-order valence-corrected chi connectivity index (χ4v) is 4.02. The van der Waals surface area contributed by atoms with Crippen LogP contribution in [-0.4, -0.2) is 60.6 Å². The van der Waals surface area contributed by atoms with Gasteiger partial charge in [-0.3, -0.25) is 0 Å². The lowest BCUT2D eigenvalue weighted by Gasteiger charge is -2.29. The average Bonchev–Trinajstić information content (AvgIpc) is 2.76. The third kappa shape index (κ3) is 5.40. The zero-order valence-electron chi connectivity index (χ0n) is 17.4. The van der Waals surface area contributed by atoms with E-state index in [-0.39, 0.29) is 0 Å². The minimum absolute atomic E-state index is 0.664. The first-order valence-electron chi connectivity index (χ1n) is 10.2. The van der Waals surface area contributed by atoms with Gasteiger partial charge in [0, 0.05) is 12.8 Å². The van der Waals surface area contributed by atoms with Crippen LogP contribution in [0.25, 0.3) is 0 Å². The molecule has 5 nitrogen and oxygen atoms in total. The van der Waals surface area contributed by atoms with Crippen LogP contribution in [0.2, 0.25) is 0 Å². The normalized spacial score (nSPS) is 19.2. The first kappa shape index (κ1) is 20.5. The van der Waals surface area contributed by atoms with Crippen LogP contribution < -0.4 is 24.0 Å². The van der Waals surface area contributed by atoms with Crippen LogP contribution in [0.1, 0.15) is 11.1 Å². The van der Waals surface area contributed by atoms with Crippen LogP contribution >= 0.6 is 0 Å². The molecule has 2 aromatic carbocycles. The number of benzene rings is 2. The van der Waals surface area contributed by atoms with Gasteiger partial charge in [0.15, 0.2) is 11.5 Å². The molecule has 1 fully saturated rings. The summed E-state index contributed by atoms with van der Waals surface area (Å²) in [6.07, 6.45) is 2.20. The highest BCUT2D eigenvalue weighted by Crippen LogP contribution is 2.38. The van der Waals surface area contributed by atoms with Gasteiger partial charge >= 0.3 is 0 Å². The van der Waals surface area contributed by atoms with Crippen molar-refractivity contribution in [3.8, 4) is 17.2 Å². The van der Waals surface area contributed by atoms with Gasteiger partial charge in [0.25, 0.3) is 0 Å². The number of piperazine rings is 1. The maximum atomic E-state index is 5.47. The van der Waals surface area contributed by atoms with Gasteiger partial charge in [-0.1, -0.05) is 30.3 Å². The highest BCUT2D eigenvalue weighted by molar-refractivity contribution is 5.53. The molecule has 5 heteroatoms. The summed E-state index contributed by atoms with van der Waals surface area (Å²) < 4.78 is 16.4. The van der Waals surface area contributed by atoms with E-state index in [0.717, 1.165) is 24.5 Å². The van der Waals surface area contributed by atoms with Crippen molar-refractivity contribution in [2.24, 2.45) is 0 Å². The van der Waals surface area contributed by atoms with E-state index in [1.54, 1.807) is 31.1 Å². The summed E-state index contributed by atoms with van der Waals surface area (Å²) in [6.45, 7) is 7.40. The molecular weight excluding hydrogens is 352 g/mol. The van der Waals surface area contributed by atoms with E-state index in [0.29, 0.717) is 5.75 Å². The highest BCUT2D eigenvalue weighted by atomic mass is 16.5. The topological polar surface area (TPSA) is 36.6 Å². The lowest BCUT2D eigenvalue weighted by atomic mass is 10.1. The van der Waals surface area contributed by atoms with Gasteiger partial charge in [0.1, 0.15) is 26.2 Å². The van der Waals surface area contributed by atoms with E-state index in [1.807, 2.05) is 0 Å². The number of hydrogen-bond donors (Lipinski definition) is 2. The zero-order valence-corrected chi connectivity index (χ0v) is 17.4. The molecule has 0 amide bonds. The molecule has 0 radical (unpaired) electrons. The molecule has 1 heterocycles. The third-order valence-corrected chi connectivity index (χ3v) is 5.77. The predicted molar refractivity (Wildman–Crippen MR) is 111 cm³/mol. The van der Waals surface area contributed by atoms with Crippen LogP contribution in [-0.2, 0) is 12.8 Å². The summed E-state index contributed by atoms with van der Waals surface area (Å²) in [7, 11) is 4.98. The van der Waals surface area contributed by atoms with Crippen LogP contribution in [0.5, 0.6) is 17.2 Å². The van der Waals surface area contributed by atoms with Gasteiger partial charge in [-0.05, 0) is 23.3 Å². The van der Waals surface area contributed by atoms with E-state index in [1.165, 1.54) is 50.3 Å². The van der Waals surface area contributed by atoms with Crippen LogP contribution in [0.3, 0.4) is 0 Å². The van der Waals surface area contributed by atoms with E-state index in [2.05, 4.69) is 42.5 Å². The van der Waals surface area contributed by atoms with Crippen LogP contribution in [0, 0.1) is 0 Å². The summed E-state index contributed by atoms with van der Waals surface area (Å²) in [4.78, 5) is 3.43. The molecule has 2 aromatic rings. The number of rotatable bonds is 9. The Morgan fingerprint density at radius 3 is 1.64 bits per heavy atom. The average molecular weight is 387 g/mol. The molecule has 0 saturated carbocycles. The Balaban J connectivity index is 1.46. The van der Waals surface area contributed by atoms with Gasteiger partial charge in [0.2, 0.25) is 5.75 Å². The number of methoxy groups -OCH3 is 3. The summed E-state index contributed by atoms with van der Waals surface area (Å²) in [5.74, 6) is 2.14. The molecule has 0 aromatic heterocycles. The molecule has 0 bridgehead atoms. The fraction of sp³-hybridized carbons (Fsp3) is 0.478.